The number of ether oxygens (including phenoxy) is 2. The van der Waals surface area contributed by atoms with Crippen molar-refractivity contribution in [3.8, 4) is 11.5 Å². The number of benzene rings is 3. The van der Waals surface area contributed by atoms with Crippen molar-refractivity contribution in [3.63, 3.8) is 0 Å². The zero-order valence-corrected chi connectivity index (χ0v) is 13.2. The van der Waals surface area contributed by atoms with Gasteiger partial charge in [0.2, 0.25) is 0 Å². The molecule has 0 saturated heterocycles. The van der Waals surface area contributed by atoms with Crippen molar-refractivity contribution < 1.29 is 14.3 Å². The Balaban J connectivity index is 1.92. The number of rotatable bonds is 4. The minimum absolute atomic E-state index is 0.420. The Morgan fingerprint density at radius 1 is 0.957 bits per heavy atom. The fraction of sp³-hybridized carbons (Fsp3) is 0.150. The van der Waals surface area contributed by atoms with Crippen molar-refractivity contribution in [3.05, 3.63) is 71.8 Å². The second-order valence-corrected chi connectivity index (χ2v) is 5.29. The van der Waals surface area contributed by atoms with Gasteiger partial charge in [0.25, 0.3) is 0 Å². The smallest absolute Gasteiger partial charge is 0.347 e. The van der Waals surface area contributed by atoms with E-state index in [-0.39, 0.29) is 0 Å². The number of carbonyl (C=O) groups is 1. The van der Waals surface area contributed by atoms with Gasteiger partial charge in [0.15, 0.2) is 0 Å². The zero-order valence-electron chi connectivity index (χ0n) is 13.2. The Kier molecular flexibility index (Phi) is 4.29. The van der Waals surface area contributed by atoms with Gasteiger partial charge in [-0.3, -0.25) is 0 Å². The highest BCUT2D eigenvalue weighted by atomic mass is 16.5. The van der Waals surface area contributed by atoms with Crippen molar-refractivity contribution in [1.82, 2.24) is 0 Å². The van der Waals surface area contributed by atoms with Crippen LogP contribution in [0.1, 0.15) is 22.8 Å². The lowest BCUT2D eigenvalue weighted by molar-refractivity contribution is 0.0731. The molecule has 0 aromatic heterocycles. The van der Waals surface area contributed by atoms with Crippen LogP contribution in [-0.2, 0) is 6.42 Å². The Morgan fingerprint density at radius 2 is 1.61 bits per heavy atom. The molecule has 0 bridgehead atoms. The highest BCUT2D eigenvalue weighted by Gasteiger charge is 2.16. The van der Waals surface area contributed by atoms with Crippen LogP contribution in [0.2, 0.25) is 0 Å². The molecule has 0 saturated carbocycles. The maximum absolute atomic E-state index is 12.5. The van der Waals surface area contributed by atoms with Gasteiger partial charge in [-0.15, -0.1) is 0 Å². The first-order valence-electron chi connectivity index (χ1n) is 7.59. The van der Waals surface area contributed by atoms with E-state index in [1.54, 1.807) is 13.2 Å². The Hall–Kier alpha value is -2.81. The monoisotopic (exact) mass is 306 g/mol. The van der Waals surface area contributed by atoms with Gasteiger partial charge >= 0.3 is 5.97 Å². The molecule has 0 heterocycles. The molecular formula is C20H18O3. The Morgan fingerprint density at radius 3 is 2.22 bits per heavy atom. The van der Waals surface area contributed by atoms with E-state index >= 15 is 0 Å². The Bertz CT molecular complexity index is 835. The largest absolute Gasteiger partial charge is 0.496 e. The maximum Gasteiger partial charge on any atom is 0.347 e. The fourth-order valence-electron chi connectivity index (χ4n) is 2.50. The third-order valence-electron chi connectivity index (χ3n) is 3.83. The number of hydrogen-bond acceptors (Lipinski definition) is 3. The molecule has 3 nitrogen and oxygen atoms in total. The zero-order chi connectivity index (χ0) is 16.2. The van der Waals surface area contributed by atoms with Crippen LogP contribution in [0.3, 0.4) is 0 Å². The van der Waals surface area contributed by atoms with E-state index in [1.165, 1.54) is 5.56 Å². The SMILES string of the molecule is CCc1ccc(OC(=O)c2cc3ccccc3cc2OC)cc1. The molecule has 116 valence electrons. The molecule has 0 fully saturated rings. The summed E-state index contributed by atoms with van der Waals surface area (Å²) >= 11 is 0. The van der Waals surface area contributed by atoms with Crippen molar-refractivity contribution >= 4 is 16.7 Å². The summed E-state index contributed by atoms with van der Waals surface area (Å²) < 4.78 is 10.8. The van der Waals surface area contributed by atoms with Crippen LogP contribution in [0.5, 0.6) is 11.5 Å². The second-order valence-electron chi connectivity index (χ2n) is 5.29. The number of carbonyl (C=O) groups excluding carboxylic acids is 1. The van der Waals surface area contributed by atoms with Crippen LogP contribution in [0.25, 0.3) is 10.8 Å². The van der Waals surface area contributed by atoms with Gasteiger partial charge in [-0.05, 0) is 47.0 Å². The van der Waals surface area contributed by atoms with Gasteiger partial charge in [0.1, 0.15) is 17.1 Å². The first-order chi connectivity index (χ1) is 11.2. The molecule has 0 aliphatic carbocycles. The standard InChI is InChI=1S/C20H18O3/c1-3-14-8-10-17(11-9-14)23-20(21)18-12-15-6-4-5-7-16(15)13-19(18)22-2/h4-13H,3H2,1-2H3. The Labute approximate surface area is 135 Å². The molecule has 0 unspecified atom stereocenters. The number of fused-ring (bicyclic) bond motifs is 1. The first kappa shape index (κ1) is 15.1. The van der Waals surface area contributed by atoms with Crippen LogP contribution >= 0.6 is 0 Å². The van der Waals surface area contributed by atoms with E-state index in [2.05, 4.69) is 6.92 Å². The predicted molar refractivity (Wildman–Crippen MR) is 91.3 cm³/mol. The van der Waals surface area contributed by atoms with E-state index < -0.39 is 5.97 Å². The van der Waals surface area contributed by atoms with Gasteiger partial charge in [0, 0.05) is 0 Å². The van der Waals surface area contributed by atoms with Crippen molar-refractivity contribution in [2.24, 2.45) is 0 Å². The molecule has 0 aliphatic rings. The van der Waals surface area contributed by atoms with Crippen molar-refractivity contribution in [2.75, 3.05) is 7.11 Å². The summed E-state index contributed by atoms with van der Waals surface area (Å²) in [6, 6.07) is 19.0. The molecule has 3 heteroatoms. The molecule has 0 radical (unpaired) electrons. The average Bonchev–Trinajstić information content (AvgIpc) is 2.61. The van der Waals surface area contributed by atoms with Crippen LogP contribution in [0.4, 0.5) is 0 Å². The minimum Gasteiger partial charge on any atom is -0.496 e. The van der Waals surface area contributed by atoms with Crippen LogP contribution < -0.4 is 9.47 Å². The third kappa shape index (κ3) is 3.19. The van der Waals surface area contributed by atoms with Crippen LogP contribution in [0.15, 0.2) is 60.7 Å². The second kappa shape index (κ2) is 6.53. The molecule has 0 aliphatic heterocycles. The van der Waals surface area contributed by atoms with Crippen LogP contribution in [0, 0.1) is 0 Å². The lowest BCUT2D eigenvalue weighted by atomic mass is 10.1. The highest BCUT2D eigenvalue weighted by molar-refractivity contribution is 5.99. The molecule has 0 atom stereocenters. The third-order valence-corrected chi connectivity index (χ3v) is 3.83. The van der Waals surface area contributed by atoms with E-state index in [9.17, 15) is 4.79 Å². The molecular weight excluding hydrogens is 288 g/mol. The summed E-state index contributed by atoms with van der Waals surface area (Å²) in [5.74, 6) is 0.623. The number of aryl methyl sites for hydroxylation is 1. The first-order valence-corrected chi connectivity index (χ1v) is 7.59. The molecule has 0 N–H and O–H groups in total. The number of hydrogen-bond donors (Lipinski definition) is 0. The summed E-state index contributed by atoms with van der Waals surface area (Å²) in [5.41, 5.74) is 1.62. The summed E-state index contributed by atoms with van der Waals surface area (Å²) in [5, 5.41) is 2.00. The minimum atomic E-state index is -0.420. The van der Waals surface area contributed by atoms with Crippen molar-refractivity contribution in [1.29, 1.82) is 0 Å². The number of methoxy groups -OCH3 is 1. The fourth-order valence-corrected chi connectivity index (χ4v) is 2.50. The summed E-state index contributed by atoms with van der Waals surface area (Å²) in [6.07, 6.45) is 0.951. The molecule has 23 heavy (non-hydrogen) atoms. The lowest BCUT2D eigenvalue weighted by Crippen LogP contribution is -2.10. The van der Waals surface area contributed by atoms with E-state index in [1.807, 2.05) is 54.6 Å². The topological polar surface area (TPSA) is 35.5 Å². The summed E-state index contributed by atoms with van der Waals surface area (Å²) in [7, 11) is 1.55. The van der Waals surface area contributed by atoms with E-state index in [4.69, 9.17) is 9.47 Å². The predicted octanol–water partition coefficient (Wildman–Crippen LogP) is 4.63. The van der Waals surface area contributed by atoms with Crippen molar-refractivity contribution in [2.45, 2.75) is 13.3 Å². The van der Waals surface area contributed by atoms with Gasteiger partial charge in [-0.25, -0.2) is 4.79 Å². The molecule has 3 aromatic rings. The van der Waals surface area contributed by atoms with Crippen LogP contribution in [-0.4, -0.2) is 13.1 Å². The average molecular weight is 306 g/mol. The highest BCUT2D eigenvalue weighted by Crippen LogP contribution is 2.27. The van der Waals surface area contributed by atoms with E-state index in [0.29, 0.717) is 17.1 Å². The van der Waals surface area contributed by atoms with Gasteiger partial charge < -0.3 is 9.47 Å². The molecule has 0 spiro atoms. The number of esters is 1. The quantitative estimate of drug-likeness (QED) is 0.521. The molecule has 0 amide bonds. The summed E-state index contributed by atoms with van der Waals surface area (Å²) in [4.78, 5) is 12.5. The molecule has 3 rings (SSSR count). The lowest BCUT2D eigenvalue weighted by Gasteiger charge is -2.10. The normalized spacial score (nSPS) is 10.5. The van der Waals surface area contributed by atoms with Gasteiger partial charge in [-0.2, -0.15) is 0 Å². The molecule has 3 aromatic carbocycles. The maximum atomic E-state index is 12.5. The van der Waals surface area contributed by atoms with Gasteiger partial charge in [-0.1, -0.05) is 43.3 Å². The van der Waals surface area contributed by atoms with Gasteiger partial charge in [0.05, 0.1) is 7.11 Å². The van der Waals surface area contributed by atoms with E-state index in [0.717, 1.165) is 17.2 Å². The summed E-state index contributed by atoms with van der Waals surface area (Å²) in [6.45, 7) is 2.08.